The van der Waals surface area contributed by atoms with Gasteiger partial charge in [-0.05, 0) is 61.5 Å². The lowest BCUT2D eigenvalue weighted by molar-refractivity contribution is 0.962. The first-order valence-corrected chi connectivity index (χ1v) is 15.3. The lowest BCUT2D eigenvalue weighted by Gasteiger charge is -2.17. The van der Waals surface area contributed by atoms with Crippen LogP contribution >= 0.6 is 0 Å². The number of aromatic amines is 2. The van der Waals surface area contributed by atoms with Crippen molar-refractivity contribution in [3.05, 3.63) is 97.0 Å². The average Bonchev–Trinajstić information content (AvgIpc) is 3.90. The van der Waals surface area contributed by atoms with Gasteiger partial charge in [0.05, 0.1) is 33.6 Å². The van der Waals surface area contributed by atoms with Crippen LogP contribution in [0.4, 0.5) is 40.1 Å². The van der Waals surface area contributed by atoms with Gasteiger partial charge in [-0.25, -0.2) is 24.3 Å². The van der Waals surface area contributed by atoms with Crippen molar-refractivity contribution in [3.63, 3.8) is 0 Å². The average molecular weight is 633 g/mol. The van der Waals surface area contributed by atoms with Gasteiger partial charge in [0.15, 0.2) is 5.82 Å². The molecule has 9 rings (SSSR count). The van der Waals surface area contributed by atoms with E-state index >= 15 is 0 Å². The first-order chi connectivity index (χ1) is 23.5. The second kappa shape index (κ2) is 10.6. The number of aliphatic imine (C=N–C) groups is 1. The summed E-state index contributed by atoms with van der Waals surface area (Å²) in [4.78, 5) is 35.0. The zero-order chi connectivity index (χ0) is 32.4. The fourth-order valence-electron chi connectivity index (χ4n) is 6.40. The number of hydrogen-bond donors (Lipinski definition) is 6. The molecule has 0 fully saturated rings. The van der Waals surface area contributed by atoms with Gasteiger partial charge in [-0.2, -0.15) is 4.98 Å². The molecule has 0 saturated carbocycles. The van der Waals surface area contributed by atoms with E-state index in [1.807, 2.05) is 76.8 Å². The summed E-state index contributed by atoms with van der Waals surface area (Å²) in [6, 6.07) is 19.4. The number of hydrogen-bond acceptors (Lipinski definition) is 10. The zero-order valence-electron chi connectivity index (χ0n) is 25.6. The van der Waals surface area contributed by atoms with Gasteiger partial charge in [0.25, 0.3) is 0 Å². The Morgan fingerprint density at radius 1 is 0.812 bits per heavy atom. The maximum Gasteiger partial charge on any atom is 0.240 e. The number of rotatable bonds is 8. The van der Waals surface area contributed by atoms with E-state index in [4.69, 9.17) is 26.4 Å². The highest BCUT2D eigenvalue weighted by Crippen LogP contribution is 2.38. The molecule has 234 valence electrons. The minimum absolute atomic E-state index is 0.454. The molecule has 0 saturated heterocycles. The summed E-state index contributed by atoms with van der Waals surface area (Å²) in [7, 11) is 0. The van der Waals surface area contributed by atoms with E-state index in [9.17, 15) is 0 Å². The van der Waals surface area contributed by atoms with Gasteiger partial charge in [0.1, 0.15) is 24.3 Å². The molecular formula is C34H28N14. The van der Waals surface area contributed by atoms with Crippen LogP contribution in [0.1, 0.15) is 18.2 Å². The van der Waals surface area contributed by atoms with Crippen LogP contribution in [0.3, 0.4) is 0 Å². The maximum absolute atomic E-state index is 6.34. The number of aromatic nitrogens is 9. The minimum Gasteiger partial charge on any atom is -0.399 e. The number of fused-ring (bicyclic) bond motifs is 1. The van der Waals surface area contributed by atoms with E-state index in [-0.39, 0.29) is 0 Å². The molecule has 0 aliphatic rings. The molecule has 9 aromatic rings. The number of anilines is 6. The van der Waals surface area contributed by atoms with Crippen LogP contribution in [-0.4, -0.2) is 50.1 Å². The predicted octanol–water partition coefficient (Wildman–Crippen LogP) is 6.22. The van der Waals surface area contributed by atoms with E-state index in [1.54, 1.807) is 12.5 Å². The van der Waals surface area contributed by atoms with Gasteiger partial charge in [0, 0.05) is 58.4 Å². The van der Waals surface area contributed by atoms with Gasteiger partial charge in [-0.3, -0.25) is 9.56 Å². The van der Waals surface area contributed by atoms with Crippen molar-refractivity contribution in [1.82, 2.24) is 43.9 Å². The van der Waals surface area contributed by atoms with Crippen LogP contribution in [0.25, 0.3) is 44.7 Å². The second-order valence-electron chi connectivity index (χ2n) is 11.4. The third-order valence-electron chi connectivity index (χ3n) is 8.38. The van der Waals surface area contributed by atoms with Gasteiger partial charge < -0.3 is 32.1 Å². The zero-order valence-corrected chi connectivity index (χ0v) is 25.6. The van der Waals surface area contributed by atoms with Crippen LogP contribution in [0, 0.1) is 0 Å². The van der Waals surface area contributed by atoms with Crippen LogP contribution in [0.5, 0.6) is 0 Å². The Morgan fingerprint density at radius 2 is 1.52 bits per heavy atom. The molecule has 0 aliphatic heterocycles. The molecule has 6 heterocycles. The van der Waals surface area contributed by atoms with E-state index in [0.29, 0.717) is 35.2 Å². The highest BCUT2D eigenvalue weighted by atomic mass is 15.2. The molecule has 14 nitrogen and oxygen atoms in total. The van der Waals surface area contributed by atoms with Crippen molar-refractivity contribution in [2.45, 2.75) is 13.3 Å². The van der Waals surface area contributed by atoms with Crippen molar-refractivity contribution in [3.8, 4) is 5.82 Å². The Balaban J connectivity index is 1.25. The number of nitrogen functional groups attached to an aromatic ring is 2. The lowest BCUT2D eigenvalue weighted by atomic mass is 10.0. The lowest BCUT2D eigenvalue weighted by Crippen LogP contribution is -2.10. The Kier molecular flexibility index (Phi) is 6.02. The summed E-state index contributed by atoms with van der Waals surface area (Å²) < 4.78 is 3.87. The molecule has 8 N–H and O–H groups in total. The Hall–Kier alpha value is -6.96. The first kappa shape index (κ1) is 27.4. The number of nitrogens with zero attached hydrogens (tertiary/aromatic N) is 8. The van der Waals surface area contributed by atoms with Gasteiger partial charge in [-0.1, -0.05) is 6.07 Å². The molecule has 0 unspecified atom stereocenters. The van der Waals surface area contributed by atoms with Crippen molar-refractivity contribution in [2.24, 2.45) is 4.99 Å². The molecule has 3 aromatic carbocycles. The fraction of sp³-hybridized carbons (Fsp3) is 0.0588. The minimum atomic E-state index is 0.454. The number of imidazole rings is 1. The Morgan fingerprint density at radius 3 is 2.27 bits per heavy atom. The molecule has 14 heteroatoms. The smallest absolute Gasteiger partial charge is 0.240 e. The monoisotopic (exact) mass is 632 g/mol. The molecule has 0 spiro atoms. The van der Waals surface area contributed by atoms with Gasteiger partial charge in [-0.15, -0.1) is 0 Å². The highest BCUT2D eigenvalue weighted by Gasteiger charge is 2.23. The summed E-state index contributed by atoms with van der Waals surface area (Å²) in [5, 5.41) is 8.76. The molecule has 0 radical (unpaired) electrons. The number of benzene rings is 2. The molecule has 48 heavy (non-hydrogen) atoms. The number of H-pyrrole nitrogens is 2. The summed E-state index contributed by atoms with van der Waals surface area (Å²) in [6.07, 6.45) is 9.19. The number of nitrogens with two attached hydrogens (primary N) is 2. The van der Waals surface area contributed by atoms with Crippen LogP contribution in [-0.2, 0) is 6.42 Å². The predicted molar refractivity (Wildman–Crippen MR) is 189 cm³/mol. The fourth-order valence-corrected chi connectivity index (χ4v) is 6.40. The Bertz CT molecular complexity index is 2630. The standard InChI is InChI=1S/C34H28N14/c1-2-37-23-11-18(35)12-24(43-28-5-3-9-38-28)22(23)15-25-20-7-8-21-30(20)48-33(45-25)40-16-41-34(48)46-32(21)47-17-42-26-13-19(36)14-27(31(26)47)44-29-6-4-10-39-29/h2-14,16-17,38-39,43-44H,15,35-36H2,1H3/b37-2-. The van der Waals surface area contributed by atoms with Crippen molar-refractivity contribution < 1.29 is 0 Å². The van der Waals surface area contributed by atoms with Crippen molar-refractivity contribution >= 4 is 85.2 Å². The van der Waals surface area contributed by atoms with E-state index in [0.717, 1.165) is 67.3 Å². The second-order valence-corrected chi connectivity index (χ2v) is 11.4. The summed E-state index contributed by atoms with van der Waals surface area (Å²) in [5.74, 6) is 3.28. The first-order valence-electron chi connectivity index (χ1n) is 15.3. The maximum atomic E-state index is 6.34. The van der Waals surface area contributed by atoms with Crippen LogP contribution < -0.4 is 22.1 Å². The van der Waals surface area contributed by atoms with Gasteiger partial charge >= 0.3 is 0 Å². The highest BCUT2D eigenvalue weighted by molar-refractivity contribution is 6.06. The summed E-state index contributed by atoms with van der Waals surface area (Å²) >= 11 is 0. The molecule has 6 aromatic heterocycles. The van der Waals surface area contributed by atoms with Crippen molar-refractivity contribution in [2.75, 3.05) is 22.1 Å². The van der Waals surface area contributed by atoms with Crippen molar-refractivity contribution in [1.29, 1.82) is 0 Å². The molecule has 0 atom stereocenters. The molecule has 0 bridgehead atoms. The van der Waals surface area contributed by atoms with Crippen LogP contribution in [0.15, 0.2) is 90.7 Å². The quantitative estimate of drug-likeness (QED) is 0.0832. The summed E-state index contributed by atoms with van der Waals surface area (Å²) in [5.41, 5.74) is 20.4. The van der Waals surface area contributed by atoms with Gasteiger partial charge in [0.2, 0.25) is 11.6 Å². The SMILES string of the molecule is C/C=N\c1cc(N)cc(Nc2ccc[nH]2)c1Cc1nc2ncnc3nc(-n4cnc5cc(N)cc(Nc6ccc[nH]6)c54)c4ccc1c4n23. The third kappa shape index (κ3) is 4.34. The Labute approximate surface area is 272 Å². The molecule has 0 amide bonds. The van der Waals surface area contributed by atoms with E-state index in [2.05, 4.69) is 47.7 Å². The normalized spacial score (nSPS) is 12.0. The topological polar surface area (TPSA) is 194 Å². The molecular weight excluding hydrogens is 604 g/mol. The van der Waals surface area contributed by atoms with Crippen LogP contribution in [0.2, 0.25) is 0 Å². The largest absolute Gasteiger partial charge is 0.399 e. The number of nitrogens with one attached hydrogen (secondary N) is 4. The van der Waals surface area contributed by atoms with E-state index in [1.165, 1.54) is 6.33 Å². The molecule has 0 aliphatic carbocycles. The summed E-state index contributed by atoms with van der Waals surface area (Å²) in [6.45, 7) is 1.89. The third-order valence-corrected chi connectivity index (χ3v) is 8.38. The van der Waals surface area contributed by atoms with E-state index < -0.39 is 0 Å².